The Labute approximate surface area is 233 Å². The second-order valence-electron chi connectivity index (χ2n) is 12.2. The van der Waals surface area contributed by atoms with Gasteiger partial charge in [-0.05, 0) is 94.2 Å². The lowest BCUT2D eigenvalue weighted by Crippen LogP contribution is -2.29. The molecule has 4 aromatic carbocycles. The van der Waals surface area contributed by atoms with Gasteiger partial charge >= 0.3 is 0 Å². The number of hydrogen-bond acceptors (Lipinski definition) is 2. The van der Waals surface area contributed by atoms with Gasteiger partial charge in [-0.25, -0.2) is 0 Å². The van der Waals surface area contributed by atoms with Gasteiger partial charge in [-0.2, -0.15) is 0 Å². The minimum absolute atomic E-state index is 0.401. The summed E-state index contributed by atoms with van der Waals surface area (Å²) in [5, 5.41) is 0. The summed E-state index contributed by atoms with van der Waals surface area (Å²) < 4.78 is 0. The Hall–Kier alpha value is -3.52. The highest BCUT2D eigenvalue weighted by atomic mass is 14.6. The van der Waals surface area contributed by atoms with E-state index in [4.69, 9.17) is 11.5 Å². The first-order chi connectivity index (χ1) is 19.2. The molecule has 198 valence electrons. The highest BCUT2D eigenvalue weighted by Gasteiger charge is 2.46. The van der Waals surface area contributed by atoms with Crippen LogP contribution in [0.4, 0.5) is 11.4 Å². The summed E-state index contributed by atoms with van der Waals surface area (Å²) in [6, 6.07) is 32.0. The maximum absolute atomic E-state index is 6.71. The van der Waals surface area contributed by atoms with Crippen molar-refractivity contribution >= 4 is 11.4 Å². The fourth-order valence-electron chi connectivity index (χ4n) is 8.17. The van der Waals surface area contributed by atoms with Crippen LogP contribution < -0.4 is 11.5 Å². The predicted molar refractivity (Wildman–Crippen MR) is 164 cm³/mol. The number of nitrogens with two attached hydrogens (primary N) is 2. The van der Waals surface area contributed by atoms with E-state index in [9.17, 15) is 0 Å². The number of hydrogen-bond donors (Lipinski definition) is 2. The molecule has 0 atom stereocenters. The molecular weight excluding hydrogens is 472 g/mol. The average Bonchev–Trinajstić information content (AvgIpc) is 3.30. The maximum atomic E-state index is 6.71. The number of benzene rings is 4. The van der Waals surface area contributed by atoms with E-state index in [1.54, 1.807) is 0 Å². The molecule has 0 saturated heterocycles. The zero-order valence-corrected chi connectivity index (χ0v) is 23.0. The predicted octanol–water partition coefficient (Wildman–Crippen LogP) is 9.31. The second kappa shape index (κ2) is 9.90. The molecule has 0 radical (unpaired) electrons. The van der Waals surface area contributed by atoms with E-state index in [2.05, 4.69) is 84.9 Å². The Morgan fingerprint density at radius 3 is 1.33 bits per heavy atom. The standard InChI is InChI=1S/C37H40N2/c38-35-21-19-27(23-31(35)25-11-3-1-4-12-25)37(28-20-22-36(39)32(24-28)26-13-5-2-6-14-26)33-17-9-7-15-29(33)30-16-8-10-18-34(30)37/h7-10,15-26H,1-6,11-14,38-39H2. The molecule has 0 aliphatic heterocycles. The summed E-state index contributed by atoms with van der Waals surface area (Å²) in [6.45, 7) is 0. The molecule has 2 saturated carbocycles. The number of fused-ring (bicyclic) bond motifs is 3. The van der Waals surface area contributed by atoms with E-state index in [1.807, 2.05) is 0 Å². The summed E-state index contributed by atoms with van der Waals surface area (Å²) in [5.41, 5.74) is 25.7. The minimum atomic E-state index is -0.401. The van der Waals surface area contributed by atoms with E-state index < -0.39 is 5.41 Å². The van der Waals surface area contributed by atoms with E-state index in [0.717, 1.165) is 11.4 Å². The zero-order chi connectivity index (χ0) is 26.4. The number of rotatable bonds is 4. The molecule has 0 spiro atoms. The highest BCUT2D eigenvalue weighted by molar-refractivity contribution is 5.86. The number of anilines is 2. The second-order valence-corrected chi connectivity index (χ2v) is 12.2. The minimum Gasteiger partial charge on any atom is -0.398 e. The van der Waals surface area contributed by atoms with Crippen LogP contribution in [0.25, 0.3) is 11.1 Å². The zero-order valence-electron chi connectivity index (χ0n) is 23.0. The lowest BCUT2D eigenvalue weighted by molar-refractivity contribution is 0.443. The molecule has 0 amide bonds. The van der Waals surface area contributed by atoms with Gasteiger partial charge in [0.25, 0.3) is 0 Å². The van der Waals surface area contributed by atoms with Crippen LogP contribution in [0.15, 0.2) is 84.9 Å². The summed E-state index contributed by atoms with van der Waals surface area (Å²) in [4.78, 5) is 0. The molecule has 3 aliphatic carbocycles. The van der Waals surface area contributed by atoms with Gasteiger partial charge in [-0.1, -0.05) is 111 Å². The van der Waals surface area contributed by atoms with Gasteiger partial charge < -0.3 is 11.5 Å². The molecule has 0 unspecified atom stereocenters. The quantitative estimate of drug-likeness (QED) is 0.236. The monoisotopic (exact) mass is 512 g/mol. The molecule has 39 heavy (non-hydrogen) atoms. The lowest BCUT2D eigenvalue weighted by Gasteiger charge is -2.36. The van der Waals surface area contributed by atoms with Crippen molar-refractivity contribution in [2.75, 3.05) is 11.5 Å². The van der Waals surface area contributed by atoms with Crippen LogP contribution in [0.1, 0.15) is 109 Å². The van der Waals surface area contributed by atoms with Crippen LogP contribution >= 0.6 is 0 Å². The van der Waals surface area contributed by atoms with Crippen molar-refractivity contribution in [3.05, 3.63) is 118 Å². The van der Waals surface area contributed by atoms with Crippen molar-refractivity contribution in [2.24, 2.45) is 0 Å². The van der Waals surface area contributed by atoms with Crippen LogP contribution in [0.2, 0.25) is 0 Å². The first-order valence-corrected chi connectivity index (χ1v) is 15.2. The Balaban J connectivity index is 1.51. The molecular formula is C37H40N2. The molecule has 0 aromatic heterocycles. The van der Waals surface area contributed by atoms with Crippen LogP contribution in [0.3, 0.4) is 0 Å². The molecule has 2 heteroatoms. The fourth-order valence-corrected chi connectivity index (χ4v) is 8.17. The van der Waals surface area contributed by atoms with Crippen molar-refractivity contribution in [2.45, 2.75) is 81.5 Å². The fraction of sp³-hybridized carbons (Fsp3) is 0.351. The Morgan fingerprint density at radius 2 is 0.897 bits per heavy atom. The van der Waals surface area contributed by atoms with Crippen molar-refractivity contribution < 1.29 is 0 Å². The normalized spacial score (nSPS) is 19.0. The van der Waals surface area contributed by atoms with Crippen LogP contribution in [-0.4, -0.2) is 0 Å². The SMILES string of the molecule is Nc1ccc(C2(c3ccc(N)c(C4CCCCC4)c3)c3ccccc3-c3ccccc32)cc1C1CCCCC1. The molecule has 4 N–H and O–H groups in total. The molecule has 7 rings (SSSR count). The third-order valence-corrected chi connectivity index (χ3v) is 10.1. The first kappa shape index (κ1) is 24.5. The van der Waals surface area contributed by atoms with Gasteiger partial charge in [-0.15, -0.1) is 0 Å². The lowest BCUT2D eigenvalue weighted by atomic mass is 9.66. The Morgan fingerprint density at radius 1 is 0.487 bits per heavy atom. The Bertz CT molecular complexity index is 1390. The van der Waals surface area contributed by atoms with Crippen molar-refractivity contribution in [1.29, 1.82) is 0 Å². The molecule has 2 nitrogen and oxygen atoms in total. The largest absolute Gasteiger partial charge is 0.398 e. The van der Waals surface area contributed by atoms with E-state index in [1.165, 1.54) is 109 Å². The molecule has 3 aliphatic rings. The van der Waals surface area contributed by atoms with Crippen LogP contribution in [0, 0.1) is 0 Å². The number of nitrogen functional groups attached to an aromatic ring is 2. The van der Waals surface area contributed by atoms with Gasteiger partial charge in [0, 0.05) is 11.4 Å². The Kier molecular flexibility index (Phi) is 6.22. The van der Waals surface area contributed by atoms with Crippen LogP contribution in [-0.2, 0) is 5.41 Å². The third kappa shape index (κ3) is 3.91. The van der Waals surface area contributed by atoms with E-state index in [-0.39, 0.29) is 0 Å². The van der Waals surface area contributed by atoms with Crippen molar-refractivity contribution in [3.8, 4) is 11.1 Å². The third-order valence-electron chi connectivity index (χ3n) is 10.1. The van der Waals surface area contributed by atoms with E-state index >= 15 is 0 Å². The summed E-state index contributed by atoms with van der Waals surface area (Å²) in [6.07, 6.45) is 12.8. The van der Waals surface area contributed by atoms with Crippen molar-refractivity contribution in [1.82, 2.24) is 0 Å². The summed E-state index contributed by atoms with van der Waals surface area (Å²) in [5.74, 6) is 1.10. The highest BCUT2D eigenvalue weighted by Crippen LogP contribution is 2.57. The van der Waals surface area contributed by atoms with E-state index in [0.29, 0.717) is 11.8 Å². The van der Waals surface area contributed by atoms with Crippen LogP contribution in [0.5, 0.6) is 0 Å². The van der Waals surface area contributed by atoms with Gasteiger partial charge in [0.05, 0.1) is 5.41 Å². The topological polar surface area (TPSA) is 52.0 Å². The molecule has 0 bridgehead atoms. The average molecular weight is 513 g/mol. The molecule has 0 heterocycles. The molecule has 4 aromatic rings. The smallest absolute Gasteiger partial charge is 0.0713 e. The molecule has 2 fully saturated rings. The van der Waals surface area contributed by atoms with Gasteiger partial charge in [0.1, 0.15) is 0 Å². The van der Waals surface area contributed by atoms with Crippen molar-refractivity contribution in [3.63, 3.8) is 0 Å². The van der Waals surface area contributed by atoms with Gasteiger partial charge in [0.2, 0.25) is 0 Å². The first-order valence-electron chi connectivity index (χ1n) is 15.2. The summed E-state index contributed by atoms with van der Waals surface area (Å²) in [7, 11) is 0. The van der Waals surface area contributed by atoms with Gasteiger partial charge in [-0.3, -0.25) is 0 Å². The maximum Gasteiger partial charge on any atom is 0.0713 e. The summed E-state index contributed by atoms with van der Waals surface area (Å²) >= 11 is 0. The van der Waals surface area contributed by atoms with Gasteiger partial charge in [0.15, 0.2) is 0 Å².